The molecule has 1 aliphatic heterocycles. The Bertz CT molecular complexity index is 539. The van der Waals surface area contributed by atoms with Gasteiger partial charge in [0.2, 0.25) is 10.0 Å². The highest BCUT2D eigenvalue weighted by molar-refractivity contribution is 7.99. The van der Waals surface area contributed by atoms with Crippen LogP contribution in [0.4, 0.5) is 5.69 Å². The Morgan fingerprint density at radius 2 is 1.95 bits per heavy atom. The van der Waals surface area contributed by atoms with E-state index in [0.29, 0.717) is 23.7 Å². The Kier molecular flexibility index (Phi) is 4.43. The van der Waals surface area contributed by atoms with Gasteiger partial charge in [-0.25, -0.2) is 8.42 Å². The van der Waals surface area contributed by atoms with Crippen LogP contribution in [0.2, 0.25) is 0 Å². The van der Waals surface area contributed by atoms with Gasteiger partial charge in [-0.15, -0.1) is 0 Å². The first-order chi connectivity index (χ1) is 8.93. The molecule has 1 aromatic rings. The molecule has 106 valence electrons. The van der Waals surface area contributed by atoms with Crippen LogP contribution in [0, 0.1) is 13.8 Å². The largest absolute Gasteiger partial charge is 0.398 e. The highest BCUT2D eigenvalue weighted by Crippen LogP contribution is 2.25. The van der Waals surface area contributed by atoms with Crippen LogP contribution in [-0.4, -0.2) is 37.3 Å². The zero-order valence-corrected chi connectivity index (χ0v) is 13.0. The van der Waals surface area contributed by atoms with Gasteiger partial charge in [-0.3, -0.25) is 0 Å². The minimum atomic E-state index is -3.41. The summed E-state index contributed by atoms with van der Waals surface area (Å²) in [4.78, 5) is 0.319. The van der Waals surface area contributed by atoms with E-state index in [0.717, 1.165) is 29.1 Å². The van der Waals surface area contributed by atoms with Crippen molar-refractivity contribution >= 4 is 27.5 Å². The van der Waals surface area contributed by atoms with Gasteiger partial charge >= 0.3 is 0 Å². The van der Waals surface area contributed by atoms with E-state index < -0.39 is 10.0 Å². The number of nitrogens with two attached hydrogens (primary N) is 1. The van der Waals surface area contributed by atoms with E-state index in [2.05, 4.69) is 0 Å². The van der Waals surface area contributed by atoms with Crippen molar-refractivity contribution in [3.63, 3.8) is 0 Å². The van der Waals surface area contributed by atoms with Gasteiger partial charge in [0, 0.05) is 24.5 Å². The van der Waals surface area contributed by atoms with Crippen LogP contribution in [0.1, 0.15) is 17.5 Å². The minimum Gasteiger partial charge on any atom is -0.398 e. The molecular weight excluding hydrogens is 280 g/mol. The summed E-state index contributed by atoms with van der Waals surface area (Å²) >= 11 is 1.81. The third-order valence-electron chi connectivity index (χ3n) is 3.50. The monoisotopic (exact) mass is 300 g/mol. The van der Waals surface area contributed by atoms with Crippen molar-refractivity contribution in [2.45, 2.75) is 25.2 Å². The van der Waals surface area contributed by atoms with Crippen LogP contribution < -0.4 is 5.73 Å². The number of thioether (sulfide) groups is 1. The Morgan fingerprint density at radius 3 is 2.63 bits per heavy atom. The fraction of sp³-hybridized carbons (Fsp3) is 0.538. The molecule has 2 rings (SSSR count). The molecular formula is C13H20N2O2S2. The summed E-state index contributed by atoms with van der Waals surface area (Å²) in [5.74, 6) is 1.89. The van der Waals surface area contributed by atoms with Crippen molar-refractivity contribution in [3.05, 3.63) is 23.3 Å². The SMILES string of the molecule is Cc1cc(S(=O)(=O)N2CCCSCC2)cc(N)c1C. The van der Waals surface area contributed by atoms with Crippen molar-refractivity contribution < 1.29 is 8.42 Å². The predicted octanol–water partition coefficient (Wildman–Crippen LogP) is 2.01. The molecule has 19 heavy (non-hydrogen) atoms. The molecule has 0 atom stereocenters. The van der Waals surface area contributed by atoms with Crippen LogP contribution in [0.3, 0.4) is 0 Å². The third kappa shape index (κ3) is 3.07. The number of hydrogen-bond donors (Lipinski definition) is 1. The maximum Gasteiger partial charge on any atom is 0.243 e. The van der Waals surface area contributed by atoms with Crippen LogP contribution in [0.15, 0.2) is 17.0 Å². The molecule has 1 aliphatic rings. The smallest absolute Gasteiger partial charge is 0.243 e. The number of benzene rings is 1. The van der Waals surface area contributed by atoms with E-state index in [1.54, 1.807) is 16.4 Å². The van der Waals surface area contributed by atoms with Gasteiger partial charge in [0.1, 0.15) is 0 Å². The summed E-state index contributed by atoms with van der Waals surface area (Å²) in [6, 6.07) is 3.30. The zero-order valence-electron chi connectivity index (χ0n) is 11.3. The molecule has 0 saturated carbocycles. The molecule has 0 unspecified atom stereocenters. The lowest BCUT2D eigenvalue weighted by atomic mass is 10.1. The lowest BCUT2D eigenvalue weighted by Gasteiger charge is -2.20. The first kappa shape index (κ1) is 14.7. The average molecular weight is 300 g/mol. The van der Waals surface area contributed by atoms with Crippen LogP contribution >= 0.6 is 11.8 Å². The normalized spacial score (nSPS) is 18.2. The zero-order chi connectivity index (χ0) is 14.0. The Labute approximate surface area is 119 Å². The van der Waals surface area contributed by atoms with Crippen LogP contribution in [-0.2, 0) is 10.0 Å². The van der Waals surface area contributed by atoms with E-state index in [1.807, 2.05) is 25.6 Å². The van der Waals surface area contributed by atoms with Gasteiger partial charge in [0.05, 0.1) is 4.90 Å². The topological polar surface area (TPSA) is 63.4 Å². The number of rotatable bonds is 2. The van der Waals surface area contributed by atoms with Gasteiger partial charge < -0.3 is 5.73 Å². The Balaban J connectivity index is 2.38. The van der Waals surface area contributed by atoms with Crippen molar-refractivity contribution in [1.82, 2.24) is 4.31 Å². The first-order valence-corrected chi connectivity index (χ1v) is 8.97. The number of nitrogen functional groups attached to an aromatic ring is 1. The number of anilines is 1. The lowest BCUT2D eigenvalue weighted by molar-refractivity contribution is 0.435. The summed E-state index contributed by atoms with van der Waals surface area (Å²) in [7, 11) is -3.41. The van der Waals surface area contributed by atoms with Gasteiger partial charge in [-0.05, 0) is 49.3 Å². The van der Waals surface area contributed by atoms with Crippen molar-refractivity contribution in [1.29, 1.82) is 0 Å². The second-order valence-electron chi connectivity index (χ2n) is 4.82. The van der Waals surface area contributed by atoms with E-state index in [1.165, 1.54) is 0 Å². The highest BCUT2D eigenvalue weighted by Gasteiger charge is 2.26. The first-order valence-electron chi connectivity index (χ1n) is 6.37. The summed E-state index contributed by atoms with van der Waals surface area (Å²) in [6.07, 6.45) is 0.907. The lowest BCUT2D eigenvalue weighted by Crippen LogP contribution is -2.33. The molecule has 0 bridgehead atoms. The second-order valence-corrected chi connectivity index (χ2v) is 7.99. The Hall–Kier alpha value is -0.720. The highest BCUT2D eigenvalue weighted by atomic mass is 32.2. The van der Waals surface area contributed by atoms with E-state index in [-0.39, 0.29) is 0 Å². The molecule has 0 spiro atoms. The summed E-state index contributed by atoms with van der Waals surface area (Å²) in [5.41, 5.74) is 8.30. The molecule has 0 aromatic heterocycles. The number of nitrogens with zero attached hydrogens (tertiary/aromatic N) is 1. The molecule has 1 fully saturated rings. The summed E-state index contributed by atoms with van der Waals surface area (Å²) < 4.78 is 26.8. The Morgan fingerprint density at radius 1 is 1.21 bits per heavy atom. The number of aryl methyl sites for hydroxylation is 1. The summed E-state index contributed by atoms with van der Waals surface area (Å²) in [6.45, 7) is 4.98. The van der Waals surface area contributed by atoms with Gasteiger partial charge in [0.25, 0.3) is 0 Å². The minimum absolute atomic E-state index is 0.319. The maximum absolute atomic E-state index is 12.6. The number of sulfonamides is 1. The standard InChI is InChI=1S/C13H20N2O2S2/c1-10-8-12(9-13(14)11(10)2)19(16,17)15-4-3-6-18-7-5-15/h8-9H,3-7,14H2,1-2H3. The number of hydrogen-bond acceptors (Lipinski definition) is 4. The fourth-order valence-electron chi connectivity index (χ4n) is 2.11. The predicted molar refractivity (Wildman–Crippen MR) is 81.0 cm³/mol. The third-order valence-corrected chi connectivity index (χ3v) is 6.43. The van der Waals surface area contributed by atoms with Gasteiger partial charge in [-0.2, -0.15) is 16.1 Å². The molecule has 1 heterocycles. The maximum atomic E-state index is 12.6. The molecule has 6 heteroatoms. The molecule has 2 N–H and O–H groups in total. The van der Waals surface area contributed by atoms with E-state index in [4.69, 9.17) is 5.73 Å². The second kappa shape index (κ2) is 5.73. The molecule has 0 aliphatic carbocycles. The van der Waals surface area contributed by atoms with Gasteiger partial charge in [0.15, 0.2) is 0 Å². The average Bonchev–Trinajstić information content (AvgIpc) is 2.64. The van der Waals surface area contributed by atoms with Crippen LogP contribution in [0.25, 0.3) is 0 Å². The summed E-state index contributed by atoms with van der Waals surface area (Å²) in [5, 5.41) is 0. The van der Waals surface area contributed by atoms with E-state index in [9.17, 15) is 8.42 Å². The molecule has 1 aromatic carbocycles. The molecule has 1 saturated heterocycles. The van der Waals surface area contributed by atoms with Gasteiger partial charge in [-0.1, -0.05) is 0 Å². The van der Waals surface area contributed by atoms with Crippen molar-refractivity contribution in [2.75, 3.05) is 30.3 Å². The van der Waals surface area contributed by atoms with E-state index >= 15 is 0 Å². The molecule has 0 radical (unpaired) electrons. The van der Waals surface area contributed by atoms with Crippen molar-refractivity contribution in [2.24, 2.45) is 0 Å². The molecule has 0 amide bonds. The fourth-order valence-corrected chi connectivity index (χ4v) is 4.72. The quantitative estimate of drug-likeness (QED) is 0.849. The van der Waals surface area contributed by atoms with Crippen LogP contribution in [0.5, 0.6) is 0 Å². The molecule has 4 nitrogen and oxygen atoms in total. The van der Waals surface area contributed by atoms with Crippen molar-refractivity contribution in [3.8, 4) is 0 Å².